The molecule has 3 rings (SSSR count). The van der Waals surface area contributed by atoms with Crippen molar-refractivity contribution in [3.8, 4) is 11.3 Å². The van der Waals surface area contributed by atoms with Gasteiger partial charge in [-0.05, 0) is 43.7 Å². The molecule has 0 bridgehead atoms. The van der Waals surface area contributed by atoms with Gasteiger partial charge < -0.3 is 4.52 Å². The van der Waals surface area contributed by atoms with Crippen LogP contribution in [0, 0.1) is 13.8 Å². The molecule has 120 valence electrons. The van der Waals surface area contributed by atoms with Gasteiger partial charge in [-0.2, -0.15) is 0 Å². The lowest BCUT2D eigenvalue weighted by atomic mass is 10.2. The van der Waals surface area contributed by atoms with Crippen LogP contribution < -0.4 is 4.72 Å². The van der Waals surface area contributed by atoms with Crippen LogP contribution in [0.5, 0.6) is 0 Å². The number of nitrogens with zero attached hydrogens (tertiary/aromatic N) is 1. The molecule has 2 heterocycles. The van der Waals surface area contributed by atoms with Gasteiger partial charge in [0.2, 0.25) is 0 Å². The van der Waals surface area contributed by atoms with Gasteiger partial charge in [-0.25, -0.2) is 8.42 Å². The zero-order valence-electron chi connectivity index (χ0n) is 12.3. The average molecular weight is 413 g/mol. The molecule has 0 aliphatic rings. The molecule has 0 amide bonds. The second-order valence-electron chi connectivity index (χ2n) is 5.06. The molecule has 0 aliphatic carbocycles. The van der Waals surface area contributed by atoms with Gasteiger partial charge in [0.1, 0.15) is 4.21 Å². The monoisotopic (exact) mass is 412 g/mol. The number of hydrogen-bond donors (Lipinski definition) is 1. The lowest BCUT2D eigenvalue weighted by Crippen LogP contribution is -2.11. The van der Waals surface area contributed by atoms with Crippen molar-refractivity contribution in [2.24, 2.45) is 0 Å². The topological polar surface area (TPSA) is 72.2 Å². The maximum atomic E-state index is 12.5. The summed E-state index contributed by atoms with van der Waals surface area (Å²) in [5, 5.41) is 5.55. The number of sulfonamides is 1. The van der Waals surface area contributed by atoms with Crippen LogP contribution in [0.3, 0.4) is 0 Å². The van der Waals surface area contributed by atoms with Crippen molar-refractivity contribution in [2.45, 2.75) is 18.1 Å². The molecule has 2 aromatic heterocycles. The third kappa shape index (κ3) is 3.49. The first-order valence-corrected chi connectivity index (χ1v) is 9.82. The van der Waals surface area contributed by atoms with E-state index in [2.05, 4.69) is 25.8 Å². The molecule has 23 heavy (non-hydrogen) atoms. The van der Waals surface area contributed by atoms with Crippen molar-refractivity contribution in [3.63, 3.8) is 0 Å². The zero-order chi connectivity index (χ0) is 16.6. The number of aromatic nitrogens is 1. The Bertz CT molecular complexity index is 961. The van der Waals surface area contributed by atoms with Gasteiger partial charge in [0, 0.05) is 27.2 Å². The summed E-state index contributed by atoms with van der Waals surface area (Å²) in [5.41, 5.74) is 2.92. The number of thiophene rings is 1. The lowest BCUT2D eigenvalue weighted by molar-refractivity contribution is 0.427. The predicted octanol–water partition coefficient (Wildman–Crippen LogP) is 4.58. The van der Waals surface area contributed by atoms with Crippen LogP contribution in [0.4, 0.5) is 5.69 Å². The number of aryl methyl sites for hydroxylation is 2. The third-order valence-electron chi connectivity index (χ3n) is 3.16. The number of anilines is 1. The molecule has 3 aromatic rings. The Kier molecular flexibility index (Phi) is 4.31. The molecule has 0 spiro atoms. The molecular weight excluding hydrogens is 400 g/mol. The number of halogens is 1. The van der Waals surface area contributed by atoms with E-state index >= 15 is 0 Å². The van der Waals surface area contributed by atoms with Crippen LogP contribution >= 0.6 is 27.3 Å². The Morgan fingerprint density at radius 2 is 2.00 bits per heavy atom. The highest BCUT2D eigenvalue weighted by Gasteiger charge is 2.19. The standard InChI is InChI=1S/C15H13BrN2O3S2/c1-9-5-12(3-4-13(9)16)18-23(19,20)15-7-11(8-22-15)14-6-10(2)17-21-14/h3-8,18H,1-2H3. The molecule has 1 aromatic carbocycles. The van der Waals surface area contributed by atoms with Crippen LogP contribution in [0.2, 0.25) is 0 Å². The number of rotatable bonds is 4. The van der Waals surface area contributed by atoms with Crippen LogP contribution in [-0.2, 0) is 10.0 Å². The largest absolute Gasteiger partial charge is 0.356 e. The van der Waals surface area contributed by atoms with Crippen molar-refractivity contribution in [1.29, 1.82) is 0 Å². The van der Waals surface area contributed by atoms with Crippen molar-refractivity contribution < 1.29 is 12.9 Å². The Balaban J connectivity index is 1.88. The van der Waals surface area contributed by atoms with Crippen molar-refractivity contribution in [2.75, 3.05) is 4.72 Å². The molecular formula is C15H13BrN2O3S2. The van der Waals surface area contributed by atoms with Crippen molar-refractivity contribution in [1.82, 2.24) is 5.16 Å². The number of hydrogen-bond acceptors (Lipinski definition) is 5. The van der Waals surface area contributed by atoms with E-state index in [9.17, 15) is 8.42 Å². The van der Waals surface area contributed by atoms with Crippen LogP contribution in [0.1, 0.15) is 11.3 Å². The maximum absolute atomic E-state index is 12.5. The maximum Gasteiger partial charge on any atom is 0.271 e. The minimum atomic E-state index is -3.63. The third-order valence-corrected chi connectivity index (χ3v) is 6.87. The molecule has 0 aliphatic heterocycles. The lowest BCUT2D eigenvalue weighted by Gasteiger charge is -2.07. The summed E-state index contributed by atoms with van der Waals surface area (Å²) in [7, 11) is -3.63. The first-order valence-electron chi connectivity index (χ1n) is 6.66. The van der Waals surface area contributed by atoms with Crippen LogP contribution in [0.15, 0.2) is 48.9 Å². The summed E-state index contributed by atoms with van der Waals surface area (Å²) in [4.78, 5) is 0. The van der Waals surface area contributed by atoms with E-state index in [-0.39, 0.29) is 4.21 Å². The number of nitrogens with one attached hydrogen (secondary N) is 1. The molecule has 0 radical (unpaired) electrons. The highest BCUT2D eigenvalue weighted by atomic mass is 79.9. The van der Waals surface area contributed by atoms with Gasteiger partial charge >= 0.3 is 0 Å². The Morgan fingerprint density at radius 1 is 1.22 bits per heavy atom. The molecule has 0 saturated heterocycles. The van der Waals surface area contributed by atoms with Crippen LogP contribution in [0.25, 0.3) is 11.3 Å². The quantitative estimate of drug-likeness (QED) is 0.680. The second-order valence-corrected chi connectivity index (χ2v) is 8.73. The summed E-state index contributed by atoms with van der Waals surface area (Å²) < 4.78 is 33.9. The van der Waals surface area contributed by atoms with Gasteiger partial charge in [0.15, 0.2) is 5.76 Å². The van der Waals surface area contributed by atoms with Gasteiger partial charge in [-0.3, -0.25) is 4.72 Å². The fraction of sp³-hybridized carbons (Fsp3) is 0.133. The SMILES string of the molecule is Cc1cc(-c2csc(S(=O)(=O)Nc3ccc(Br)c(C)c3)c2)on1. The van der Waals surface area contributed by atoms with E-state index in [1.54, 1.807) is 29.6 Å². The van der Waals surface area contributed by atoms with E-state index in [0.29, 0.717) is 17.0 Å². The van der Waals surface area contributed by atoms with E-state index in [4.69, 9.17) is 4.52 Å². The molecule has 1 N–H and O–H groups in total. The predicted molar refractivity (Wildman–Crippen MR) is 94.2 cm³/mol. The van der Waals surface area contributed by atoms with Gasteiger partial charge in [-0.1, -0.05) is 21.1 Å². The molecule has 0 saturated carbocycles. The average Bonchev–Trinajstić information content (AvgIpc) is 3.11. The molecule has 8 heteroatoms. The Morgan fingerprint density at radius 3 is 2.65 bits per heavy atom. The summed E-state index contributed by atoms with van der Waals surface area (Å²) in [6.45, 7) is 3.71. The minimum absolute atomic E-state index is 0.224. The van der Waals surface area contributed by atoms with E-state index in [1.807, 2.05) is 19.9 Å². The number of benzene rings is 1. The smallest absolute Gasteiger partial charge is 0.271 e. The van der Waals surface area contributed by atoms with Crippen molar-refractivity contribution in [3.05, 3.63) is 51.4 Å². The minimum Gasteiger partial charge on any atom is -0.356 e. The summed E-state index contributed by atoms with van der Waals surface area (Å²) in [5.74, 6) is 0.555. The van der Waals surface area contributed by atoms with Gasteiger partial charge in [0.25, 0.3) is 10.0 Å². The first-order chi connectivity index (χ1) is 10.8. The molecule has 0 atom stereocenters. The highest BCUT2D eigenvalue weighted by Crippen LogP contribution is 2.30. The zero-order valence-corrected chi connectivity index (χ0v) is 15.5. The van der Waals surface area contributed by atoms with Crippen molar-refractivity contribution >= 4 is 43.0 Å². The molecule has 5 nitrogen and oxygen atoms in total. The Hall–Kier alpha value is -1.64. The van der Waals surface area contributed by atoms with E-state index < -0.39 is 10.0 Å². The summed E-state index contributed by atoms with van der Waals surface area (Å²) in [6.07, 6.45) is 0. The fourth-order valence-electron chi connectivity index (χ4n) is 2.00. The highest BCUT2D eigenvalue weighted by molar-refractivity contribution is 9.10. The van der Waals surface area contributed by atoms with E-state index in [1.165, 1.54) is 0 Å². The second kappa shape index (κ2) is 6.10. The Labute approximate surface area is 146 Å². The first kappa shape index (κ1) is 16.2. The molecule has 0 fully saturated rings. The van der Waals surface area contributed by atoms with Crippen LogP contribution in [-0.4, -0.2) is 13.6 Å². The summed E-state index contributed by atoms with van der Waals surface area (Å²) in [6, 6.07) is 8.64. The summed E-state index contributed by atoms with van der Waals surface area (Å²) >= 11 is 4.53. The molecule has 0 unspecified atom stereocenters. The van der Waals surface area contributed by atoms with Gasteiger partial charge in [-0.15, -0.1) is 11.3 Å². The van der Waals surface area contributed by atoms with E-state index in [0.717, 1.165) is 27.1 Å². The normalized spacial score (nSPS) is 11.6. The fourth-order valence-corrected chi connectivity index (χ4v) is 4.46. The van der Waals surface area contributed by atoms with Gasteiger partial charge in [0.05, 0.1) is 5.69 Å².